The zero-order valence-corrected chi connectivity index (χ0v) is 14.4. The number of hydrogen-bond donors (Lipinski definition) is 1. The number of H-pyrrole nitrogens is 1. The van der Waals surface area contributed by atoms with Gasteiger partial charge < -0.3 is 9.88 Å². The van der Waals surface area contributed by atoms with Crippen LogP contribution in [0.4, 0.5) is 0 Å². The molecule has 132 valence electrons. The van der Waals surface area contributed by atoms with Gasteiger partial charge in [0.05, 0.1) is 17.8 Å². The Morgan fingerprint density at radius 3 is 2.58 bits per heavy atom. The SMILES string of the molecule is O=C1c2[nH]c3cc(-c4ccccc4)nn3c(=O)c2CN1C1CCCCC1. The predicted molar refractivity (Wildman–Crippen MR) is 98.0 cm³/mol. The zero-order valence-electron chi connectivity index (χ0n) is 14.4. The van der Waals surface area contributed by atoms with Gasteiger partial charge in [0.15, 0.2) is 0 Å². The third kappa shape index (κ3) is 2.29. The van der Waals surface area contributed by atoms with Crippen molar-refractivity contribution >= 4 is 11.6 Å². The van der Waals surface area contributed by atoms with Gasteiger partial charge in [-0.25, -0.2) is 0 Å². The molecule has 3 heterocycles. The van der Waals surface area contributed by atoms with Crippen molar-refractivity contribution in [1.82, 2.24) is 19.5 Å². The van der Waals surface area contributed by atoms with E-state index in [4.69, 9.17) is 0 Å². The van der Waals surface area contributed by atoms with Crippen LogP contribution in [-0.4, -0.2) is 31.4 Å². The van der Waals surface area contributed by atoms with Crippen molar-refractivity contribution in [2.75, 3.05) is 0 Å². The number of hydrogen-bond acceptors (Lipinski definition) is 3. The van der Waals surface area contributed by atoms with Gasteiger partial charge in [-0.05, 0) is 12.8 Å². The standard InChI is InChI=1S/C20H20N4O2/c25-19-15-12-23(14-9-5-2-6-10-14)20(26)18(15)21-17-11-16(22-24(17)19)13-7-3-1-4-8-13/h1,3-4,7-8,11,14,21H,2,5-6,9-10,12H2. The van der Waals surface area contributed by atoms with E-state index in [9.17, 15) is 9.59 Å². The highest BCUT2D eigenvalue weighted by molar-refractivity contribution is 5.97. The lowest BCUT2D eigenvalue weighted by Gasteiger charge is -2.30. The van der Waals surface area contributed by atoms with Crippen LogP contribution in [0.25, 0.3) is 16.9 Å². The van der Waals surface area contributed by atoms with Crippen LogP contribution in [-0.2, 0) is 6.54 Å². The Bertz CT molecular complexity index is 1040. The van der Waals surface area contributed by atoms with Gasteiger partial charge in [-0.1, -0.05) is 49.6 Å². The smallest absolute Gasteiger partial charge is 0.280 e. The van der Waals surface area contributed by atoms with Crippen LogP contribution in [0.1, 0.15) is 48.2 Å². The first kappa shape index (κ1) is 15.4. The maximum Gasteiger partial charge on any atom is 0.280 e. The van der Waals surface area contributed by atoms with Gasteiger partial charge in [-0.15, -0.1) is 0 Å². The second kappa shape index (κ2) is 5.83. The highest BCUT2D eigenvalue weighted by Gasteiger charge is 2.36. The van der Waals surface area contributed by atoms with Gasteiger partial charge in [0, 0.05) is 17.7 Å². The number of fused-ring (bicyclic) bond motifs is 2. The van der Waals surface area contributed by atoms with Crippen molar-refractivity contribution in [1.29, 1.82) is 0 Å². The minimum atomic E-state index is -0.192. The Balaban J connectivity index is 1.57. The highest BCUT2D eigenvalue weighted by atomic mass is 16.2. The summed E-state index contributed by atoms with van der Waals surface area (Å²) in [6, 6.07) is 11.8. The van der Waals surface area contributed by atoms with Gasteiger partial charge in [0.1, 0.15) is 11.3 Å². The van der Waals surface area contributed by atoms with Crippen LogP contribution in [0.3, 0.4) is 0 Å². The second-order valence-electron chi connectivity index (χ2n) is 7.20. The summed E-state index contributed by atoms with van der Waals surface area (Å²) in [5.41, 5.74) is 3.01. The summed E-state index contributed by atoms with van der Waals surface area (Å²) >= 11 is 0. The molecule has 1 N–H and O–H groups in total. The van der Waals surface area contributed by atoms with Crippen LogP contribution < -0.4 is 5.56 Å². The van der Waals surface area contributed by atoms with Crippen LogP contribution in [0.15, 0.2) is 41.2 Å². The molecule has 3 aromatic rings. The Hall–Kier alpha value is -2.89. The summed E-state index contributed by atoms with van der Waals surface area (Å²) in [5.74, 6) is -0.0473. The van der Waals surface area contributed by atoms with E-state index in [-0.39, 0.29) is 17.5 Å². The maximum atomic E-state index is 12.9. The fourth-order valence-electron chi connectivity index (χ4n) is 4.22. The molecule has 1 saturated carbocycles. The molecule has 0 bridgehead atoms. The van der Waals surface area contributed by atoms with E-state index in [1.54, 1.807) is 0 Å². The third-order valence-electron chi connectivity index (χ3n) is 5.60. The van der Waals surface area contributed by atoms with Gasteiger partial charge in [0.25, 0.3) is 11.5 Å². The number of benzene rings is 1. The van der Waals surface area contributed by atoms with Gasteiger partial charge in [0.2, 0.25) is 0 Å². The number of carbonyl (C=O) groups is 1. The van der Waals surface area contributed by atoms with Gasteiger partial charge in [-0.2, -0.15) is 9.61 Å². The maximum absolute atomic E-state index is 12.9. The molecule has 1 amide bonds. The number of aromatic nitrogens is 3. The molecule has 0 atom stereocenters. The van der Waals surface area contributed by atoms with Crippen molar-refractivity contribution in [3.63, 3.8) is 0 Å². The van der Waals surface area contributed by atoms with Crippen LogP contribution in [0.5, 0.6) is 0 Å². The van der Waals surface area contributed by atoms with Crippen LogP contribution in [0.2, 0.25) is 0 Å². The normalized spacial score (nSPS) is 17.8. The molecule has 26 heavy (non-hydrogen) atoms. The Labute approximate surface area is 150 Å². The topological polar surface area (TPSA) is 70.5 Å². The molecule has 0 unspecified atom stereocenters. The lowest BCUT2D eigenvalue weighted by atomic mass is 9.94. The number of carbonyl (C=O) groups excluding carboxylic acids is 1. The molecule has 0 saturated heterocycles. The van der Waals surface area contributed by atoms with Crippen molar-refractivity contribution in [3.8, 4) is 11.3 Å². The van der Waals surface area contributed by atoms with Crippen molar-refractivity contribution in [2.24, 2.45) is 0 Å². The minimum Gasteiger partial charge on any atom is -0.335 e. The first-order chi connectivity index (χ1) is 12.7. The third-order valence-corrected chi connectivity index (χ3v) is 5.60. The molecule has 6 heteroatoms. The molecule has 1 aliphatic heterocycles. The van der Waals surface area contributed by atoms with E-state index in [0.717, 1.165) is 36.9 Å². The monoisotopic (exact) mass is 348 g/mol. The van der Waals surface area contributed by atoms with Crippen LogP contribution >= 0.6 is 0 Å². The fraction of sp³-hybridized carbons (Fsp3) is 0.350. The van der Waals surface area contributed by atoms with Crippen molar-refractivity contribution in [3.05, 3.63) is 58.0 Å². The van der Waals surface area contributed by atoms with E-state index in [2.05, 4.69) is 10.1 Å². The Morgan fingerprint density at radius 1 is 1.04 bits per heavy atom. The molecule has 2 aromatic heterocycles. The quantitative estimate of drug-likeness (QED) is 0.774. The summed E-state index contributed by atoms with van der Waals surface area (Å²) in [4.78, 5) is 30.9. The van der Waals surface area contributed by atoms with Crippen molar-refractivity contribution in [2.45, 2.75) is 44.7 Å². The van der Waals surface area contributed by atoms with E-state index in [1.165, 1.54) is 10.9 Å². The lowest BCUT2D eigenvalue weighted by molar-refractivity contribution is 0.0656. The zero-order chi connectivity index (χ0) is 17.7. The molecule has 0 spiro atoms. The molecule has 6 nitrogen and oxygen atoms in total. The Morgan fingerprint density at radius 2 is 1.81 bits per heavy atom. The summed E-state index contributed by atoms with van der Waals surface area (Å²) in [6.45, 7) is 0.393. The van der Waals surface area contributed by atoms with E-state index in [1.807, 2.05) is 41.3 Å². The molecular formula is C20H20N4O2. The average molecular weight is 348 g/mol. The number of nitrogens with zero attached hydrogens (tertiary/aromatic N) is 3. The van der Waals surface area contributed by atoms with Gasteiger partial charge >= 0.3 is 0 Å². The first-order valence-corrected chi connectivity index (χ1v) is 9.24. The number of rotatable bonds is 2. The van der Waals surface area contributed by atoms with Crippen LogP contribution in [0, 0.1) is 0 Å². The predicted octanol–water partition coefficient (Wildman–Crippen LogP) is 2.98. The molecule has 2 aliphatic rings. The Kier molecular flexibility index (Phi) is 3.45. The van der Waals surface area contributed by atoms with E-state index in [0.29, 0.717) is 23.4 Å². The molecule has 1 aliphatic carbocycles. The second-order valence-corrected chi connectivity index (χ2v) is 7.20. The number of nitrogens with one attached hydrogen (secondary N) is 1. The van der Waals surface area contributed by atoms with E-state index < -0.39 is 0 Å². The molecular weight excluding hydrogens is 328 g/mol. The minimum absolute atomic E-state index is 0.0473. The highest BCUT2D eigenvalue weighted by Crippen LogP contribution is 2.29. The lowest BCUT2D eigenvalue weighted by Crippen LogP contribution is -2.37. The number of amides is 1. The number of aromatic amines is 1. The van der Waals surface area contributed by atoms with Gasteiger partial charge in [-0.3, -0.25) is 9.59 Å². The first-order valence-electron chi connectivity index (χ1n) is 9.24. The fourth-order valence-corrected chi connectivity index (χ4v) is 4.22. The summed E-state index contributed by atoms with van der Waals surface area (Å²) < 4.78 is 1.39. The van der Waals surface area contributed by atoms with Crippen molar-refractivity contribution < 1.29 is 4.79 Å². The molecule has 1 aromatic carbocycles. The average Bonchev–Trinajstić information content (AvgIpc) is 3.26. The van der Waals surface area contributed by atoms with E-state index >= 15 is 0 Å². The molecule has 1 fully saturated rings. The summed E-state index contributed by atoms with van der Waals surface area (Å²) in [7, 11) is 0. The summed E-state index contributed by atoms with van der Waals surface area (Å²) in [6.07, 6.45) is 5.61. The molecule has 0 radical (unpaired) electrons. The molecule has 5 rings (SSSR count). The largest absolute Gasteiger partial charge is 0.335 e. The summed E-state index contributed by atoms with van der Waals surface area (Å²) in [5, 5.41) is 4.47.